The number of benzene rings is 2. The lowest BCUT2D eigenvalue weighted by molar-refractivity contribution is 0.480. The molecule has 1 aliphatic rings. The minimum Gasteiger partial charge on any atom is -0.457 e. The molecule has 0 radical (unpaired) electrons. The highest BCUT2D eigenvalue weighted by molar-refractivity contribution is 6.08. The maximum atomic E-state index is 13.0. The van der Waals surface area contributed by atoms with E-state index in [-0.39, 0.29) is 11.6 Å². The normalized spacial score (nSPS) is 13.6. The SMILES string of the molecule is CC1=C(C#N)c2nc(N)c(C#N)c(C)c2C1=Cc1ccc(Oc2ccc(F)cc2)cc1. The first kappa shape index (κ1) is 19.9. The highest BCUT2D eigenvalue weighted by atomic mass is 19.1. The van der Waals surface area contributed by atoms with Crippen molar-refractivity contribution in [1.29, 1.82) is 10.5 Å². The van der Waals surface area contributed by atoms with Crippen LogP contribution in [0.2, 0.25) is 0 Å². The first-order valence-corrected chi connectivity index (χ1v) is 9.50. The highest BCUT2D eigenvalue weighted by Gasteiger charge is 2.29. The van der Waals surface area contributed by atoms with Gasteiger partial charge in [-0.05, 0) is 78.6 Å². The van der Waals surface area contributed by atoms with Gasteiger partial charge in [0.2, 0.25) is 0 Å². The number of nitrogens with zero attached hydrogens (tertiary/aromatic N) is 3. The monoisotopic (exact) mass is 408 g/mol. The summed E-state index contributed by atoms with van der Waals surface area (Å²) in [5.41, 5.74) is 11.2. The van der Waals surface area contributed by atoms with Crippen LogP contribution < -0.4 is 10.5 Å². The summed E-state index contributed by atoms with van der Waals surface area (Å²) >= 11 is 0. The molecule has 2 N–H and O–H groups in total. The predicted octanol–water partition coefficient (Wildman–Crippen LogP) is 5.63. The second kappa shape index (κ2) is 7.78. The molecule has 1 aromatic heterocycles. The Morgan fingerprint density at radius 1 is 0.968 bits per heavy atom. The van der Waals surface area contributed by atoms with Crippen LogP contribution in [-0.4, -0.2) is 4.98 Å². The second-order valence-electron chi connectivity index (χ2n) is 7.13. The quantitative estimate of drug-likeness (QED) is 0.606. The van der Waals surface area contributed by atoms with E-state index in [0.29, 0.717) is 33.9 Å². The minimum atomic E-state index is -0.322. The zero-order chi connectivity index (χ0) is 22.1. The molecule has 4 rings (SSSR count). The van der Waals surface area contributed by atoms with Crippen molar-refractivity contribution in [3.8, 4) is 23.6 Å². The zero-order valence-electron chi connectivity index (χ0n) is 16.9. The van der Waals surface area contributed by atoms with Crippen molar-refractivity contribution in [3.05, 3.63) is 87.9 Å². The number of nitriles is 2. The fourth-order valence-corrected chi connectivity index (χ4v) is 3.63. The van der Waals surface area contributed by atoms with Crippen LogP contribution in [0.4, 0.5) is 10.2 Å². The molecule has 0 unspecified atom stereocenters. The van der Waals surface area contributed by atoms with Gasteiger partial charge >= 0.3 is 0 Å². The molecule has 0 saturated heterocycles. The Kier molecular flexibility index (Phi) is 4.99. The zero-order valence-corrected chi connectivity index (χ0v) is 16.9. The molecule has 0 aliphatic heterocycles. The van der Waals surface area contributed by atoms with E-state index in [9.17, 15) is 14.9 Å². The van der Waals surface area contributed by atoms with E-state index in [1.165, 1.54) is 12.1 Å². The standard InChI is InChI=1S/C25H17FN4O/c1-14-20(23-15(2)22(13-28)25(29)30-24(23)21(14)12-27)11-16-3-7-18(8-4-16)31-19-9-5-17(26)6-10-19/h3-11H,1-2H3,(H2,29,30). The summed E-state index contributed by atoms with van der Waals surface area (Å²) in [6.07, 6.45) is 1.95. The van der Waals surface area contributed by atoms with Crippen molar-refractivity contribution in [2.75, 3.05) is 5.73 Å². The number of nitrogen functional groups attached to an aromatic ring is 1. The Hall–Kier alpha value is -4.42. The number of hydrogen-bond acceptors (Lipinski definition) is 5. The fourth-order valence-electron chi connectivity index (χ4n) is 3.63. The maximum Gasteiger partial charge on any atom is 0.142 e. The summed E-state index contributed by atoms with van der Waals surface area (Å²) in [5.74, 6) is 0.959. The number of allylic oxidation sites excluding steroid dienone is 3. The summed E-state index contributed by atoms with van der Waals surface area (Å²) in [5, 5.41) is 19.1. The number of halogens is 1. The summed E-state index contributed by atoms with van der Waals surface area (Å²) in [4.78, 5) is 4.33. The number of hydrogen-bond donors (Lipinski definition) is 1. The van der Waals surface area contributed by atoms with Gasteiger partial charge in [0.1, 0.15) is 35.3 Å². The summed E-state index contributed by atoms with van der Waals surface area (Å²) in [7, 11) is 0. The Labute approximate surface area is 179 Å². The summed E-state index contributed by atoms with van der Waals surface area (Å²) in [6.45, 7) is 3.68. The van der Waals surface area contributed by atoms with E-state index >= 15 is 0 Å². The Balaban J connectivity index is 1.72. The van der Waals surface area contributed by atoms with Gasteiger partial charge < -0.3 is 10.5 Å². The predicted molar refractivity (Wildman–Crippen MR) is 117 cm³/mol. The highest BCUT2D eigenvalue weighted by Crippen LogP contribution is 2.44. The van der Waals surface area contributed by atoms with Gasteiger partial charge in [0, 0.05) is 5.56 Å². The molecule has 3 aromatic rings. The van der Waals surface area contributed by atoms with Crippen LogP contribution >= 0.6 is 0 Å². The van der Waals surface area contributed by atoms with E-state index < -0.39 is 0 Å². The lowest BCUT2D eigenvalue weighted by Crippen LogP contribution is -2.03. The van der Waals surface area contributed by atoms with Crippen LogP contribution in [0, 0.1) is 35.4 Å². The first-order chi connectivity index (χ1) is 14.9. The molecule has 0 spiro atoms. The van der Waals surface area contributed by atoms with Crippen molar-refractivity contribution in [2.45, 2.75) is 13.8 Å². The molecule has 150 valence electrons. The fraction of sp³-hybridized carbons (Fsp3) is 0.0800. The molecule has 0 atom stereocenters. The molecule has 5 nitrogen and oxygen atoms in total. The van der Waals surface area contributed by atoms with Crippen molar-refractivity contribution >= 4 is 23.0 Å². The van der Waals surface area contributed by atoms with Crippen molar-refractivity contribution in [1.82, 2.24) is 4.98 Å². The third kappa shape index (κ3) is 3.52. The van der Waals surface area contributed by atoms with Crippen molar-refractivity contribution in [2.24, 2.45) is 0 Å². The number of aromatic nitrogens is 1. The number of rotatable bonds is 3. The van der Waals surface area contributed by atoms with E-state index in [0.717, 1.165) is 22.3 Å². The van der Waals surface area contributed by atoms with Gasteiger partial charge in [-0.3, -0.25) is 0 Å². The first-order valence-electron chi connectivity index (χ1n) is 9.50. The molecule has 31 heavy (non-hydrogen) atoms. The molecule has 6 heteroatoms. The molecule has 0 fully saturated rings. The number of nitrogens with two attached hydrogens (primary N) is 1. The average molecular weight is 408 g/mol. The second-order valence-corrected chi connectivity index (χ2v) is 7.13. The largest absolute Gasteiger partial charge is 0.457 e. The van der Waals surface area contributed by atoms with Gasteiger partial charge in [0.15, 0.2) is 0 Å². The molecular weight excluding hydrogens is 391 g/mol. The van der Waals surface area contributed by atoms with Gasteiger partial charge in [0.05, 0.1) is 16.8 Å². The van der Waals surface area contributed by atoms with Gasteiger partial charge in [0.25, 0.3) is 0 Å². The smallest absolute Gasteiger partial charge is 0.142 e. The van der Waals surface area contributed by atoms with Crippen LogP contribution in [0.15, 0.2) is 54.1 Å². The molecule has 2 aromatic carbocycles. The minimum absolute atomic E-state index is 0.128. The van der Waals surface area contributed by atoms with E-state index in [1.807, 2.05) is 44.2 Å². The van der Waals surface area contributed by atoms with Gasteiger partial charge in [-0.15, -0.1) is 0 Å². The van der Waals surface area contributed by atoms with Gasteiger partial charge in [-0.2, -0.15) is 10.5 Å². The van der Waals surface area contributed by atoms with Gasteiger partial charge in [-0.25, -0.2) is 9.37 Å². The molecule has 1 heterocycles. The van der Waals surface area contributed by atoms with Crippen molar-refractivity contribution < 1.29 is 9.13 Å². The maximum absolute atomic E-state index is 13.0. The number of ether oxygens (including phenoxy) is 1. The third-order valence-electron chi connectivity index (χ3n) is 5.22. The van der Waals surface area contributed by atoms with E-state index in [4.69, 9.17) is 10.5 Å². The van der Waals surface area contributed by atoms with E-state index in [2.05, 4.69) is 17.1 Å². The van der Waals surface area contributed by atoms with Crippen LogP contribution in [-0.2, 0) is 0 Å². The van der Waals surface area contributed by atoms with Crippen LogP contribution in [0.5, 0.6) is 11.5 Å². The molecule has 0 bridgehead atoms. The van der Waals surface area contributed by atoms with E-state index in [1.54, 1.807) is 12.1 Å². The number of anilines is 1. The Morgan fingerprint density at radius 3 is 2.16 bits per heavy atom. The molecule has 0 saturated carbocycles. The average Bonchev–Trinajstić information content (AvgIpc) is 3.02. The van der Waals surface area contributed by atoms with Crippen LogP contribution in [0.25, 0.3) is 17.2 Å². The Morgan fingerprint density at radius 2 is 1.58 bits per heavy atom. The lowest BCUT2D eigenvalue weighted by Gasteiger charge is -2.11. The molecule has 1 aliphatic carbocycles. The third-order valence-corrected chi connectivity index (χ3v) is 5.22. The summed E-state index contributed by atoms with van der Waals surface area (Å²) < 4.78 is 18.8. The molecular formula is C25H17FN4O. The molecule has 0 amide bonds. The van der Waals surface area contributed by atoms with Gasteiger partial charge in [-0.1, -0.05) is 12.1 Å². The topological polar surface area (TPSA) is 95.7 Å². The number of fused-ring (bicyclic) bond motifs is 1. The number of pyridine rings is 1. The van der Waals surface area contributed by atoms with Crippen molar-refractivity contribution in [3.63, 3.8) is 0 Å². The van der Waals surface area contributed by atoms with Crippen LogP contribution in [0.3, 0.4) is 0 Å². The lowest BCUT2D eigenvalue weighted by atomic mass is 9.95. The Bertz CT molecular complexity index is 1340. The van der Waals surface area contributed by atoms with Crippen LogP contribution in [0.1, 0.15) is 34.9 Å². The summed E-state index contributed by atoms with van der Waals surface area (Å²) in [6, 6.07) is 17.5.